The van der Waals surface area contributed by atoms with Gasteiger partial charge in [0, 0.05) is 22.9 Å². The second-order valence-electron chi connectivity index (χ2n) is 23.4. The Balaban J connectivity index is 0.000000165. The van der Waals surface area contributed by atoms with Crippen molar-refractivity contribution in [2.75, 3.05) is 6.61 Å². The van der Waals surface area contributed by atoms with E-state index in [-0.39, 0.29) is 23.7 Å². The minimum atomic E-state index is -1.65. The Morgan fingerprint density at radius 1 is 0.410 bits per heavy atom. The van der Waals surface area contributed by atoms with Gasteiger partial charge in [0.05, 0.1) is 28.9 Å². The smallest absolute Gasteiger partial charge is 0.263 e. The normalized spacial score (nSPS) is 12.2. The number of aryl methyl sites for hydroxylation is 2. The molecule has 0 aliphatic carbocycles. The summed E-state index contributed by atoms with van der Waals surface area (Å²) in [5.74, 6) is 0.500. The molecule has 13 rings (SSSR count). The average Bonchev–Trinajstić information content (AvgIpc) is 1.63. The van der Waals surface area contributed by atoms with E-state index < -0.39 is 36.6 Å². The first-order valence-corrected chi connectivity index (χ1v) is 34.5. The number of hydrogen-bond donors (Lipinski definition) is 0. The van der Waals surface area contributed by atoms with Crippen LogP contribution in [0.25, 0.3) is 21.9 Å². The van der Waals surface area contributed by atoms with Crippen molar-refractivity contribution in [2.45, 2.75) is 98.1 Å². The van der Waals surface area contributed by atoms with Crippen LogP contribution < -0.4 is 9.47 Å². The molecule has 0 saturated carbocycles. The van der Waals surface area contributed by atoms with Gasteiger partial charge in [0.1, 0.15) is 23.8 Å². The molecule has 1 heterocycles. The summed E-state index contributed by atoms with van der Waals surface area (Å²) in [5, 5.41) is 4.28. The van der Waals surface area contributed by atoms with Crippen molar-refractivity contribution < 1.29 is 36.6 Å². The monoisotopic (exact) mass is 1400 g/mol. The van der Waals surface area contributed by atoms with Gasteiger partial charge in [-0.2, -0.15) is 0 Å². The topological polar surface area (TPSA) is 55.8 Å². The number of imide groups is 1. The molecule has 4 unspecified atom stereocenters. The Labute approximate surface area is 602 Å². The highest BCUT2D eigenvalue weighted by molar-refractivity contribution is 6.35. The Morgan fingerprint density at radius 2 is 0.860 bits per heavy atom. The first kappa shape index (κ1) is 77.6. The van der Waals surface area contributed by atoms with Crippen LogP contribution in [-0.4, -0.2) is 35.7 Å². The van der Waals surface area contributed by atoms with Crippen molar-refractivity contribution >= 4 is 57.4 Å². The van der Waals surface area contributed by atoms with Crippen molar-refractivity contribution in [1.29, 1.82) is 0 Å². The zero-order chi connectivity index (χ0) is 71.6. The van der Waals surface area contributed by atoms with Gasteiger partial charge in [0.15, 0.2) is 12.5 Å². The van der Waals surface area contributed by atoms with Crippen molar-refractivity contribution in [1.82, 2.24) is 4.90 Å². The second kappa shape index (κ2) is 41.6. The first-order chi connectivity index (χ1) is 48.4. The maximum Gasteiger partial charge on any atom is 0.263 e. The molecule has 514 valence electrons. The minimum Gasteiger partial charge on any atom is -0.494 e. The summed E-state index contributed by atoms with van der Waals surface area (Å²) >= 11 is 17.3. The van der Waals surface area contributed by atoms with E-state index in [9.17, 15) is 27.2 Å². The van der Waals surface area contributed by atoms with Gasteiger partial charge >= 0.3 is 0 Å². The van der Waals surface area contributed by atoms with Gasteiger partial charge in [-0.25, -0.2) is 22.5 Å². The third kappa shape index (κ3) is 25.2. The lowest BCUT2D eigenvalue weighted by molar-refractivity contribution is 0.0419. The van der Waals surface area contributed by atoms with Crippen LogP contribution in [0, 0.1) is 6.92 Å². The van der Waals surface area contributed by atoms with Crippen LogP contribution in [0.5, 0.6) is 11.5 Å². The maximum absolute atomic E-state index is 14.3. The number of amides is 2. The molecule has 1 aliphatic heterocycles. The highest BCUT2D eigenvalue weighted by atomic mass is 35.5. The van der Waals surface area contributed by atoms with Crippen LogP contribution in [0.1, 0.15) is 125 Å². The molecule has 0 N–H and O–H groups in total. The molecule has 0 saturated heterocycles. The second-order valence-corrected chi connectivity index (χ2v) is 24.7. The summed E-state index contributed by atoms with van der Waals surface area (Å²) in [6.45, 7) is 12.6. The molecule has 12 aromatic carbocycles. The van der Waals surface area contributed by atoms with Gasteiger partial charge in [-0.1, -0.05) is 309 Å². The van der Waals surface area contributed by atoms with E-state index in [0.717, 1.165) is 46.6 Å². The van der Waals surface area contributed by atoms with E-state index in [4.69, 9.17) is 44.3 Å². The fraction of sp³-hybridized carbons (Fsp3) is 0.182. The van der Waals surface area contributed by atoms with E-state index in [2.05, 4.69) is 79.7 Å². The molecule has 4 atom stereocenters. The Bertz CT molecular complexity index is 4250. The largest absolute Gasteiger partial charge is 0.494 e. The fourth-order valence-corrected chi connectivity index (χ4v) is 10.8. The molecule has 0 spiro atoms. The zero-order valence-corrected chi connectivity index (χ0v) is 59.4. The van der Waals surface area contributed by atoms with Crippen LogP contribution in [0.2, 0.25) is 15.1 Å². The maximum atomic E-state index is 14.3. The number of carbonyl (C=O) groups is 2. The van der Waals surface area contributed by atoms with Gasteiger partial charge in [-0.05, 0) is 156 Å². The molecule has 0 aromatic heterocycles. The molecule has 100 heavy (non-hydrogen) atoms. The molecule has 0 radical (unpaired) electrons. The summed E-state index contributed by atoms with van der Waals surface area (Å²) in [6.07, 6.45) is -2.18. The van der Waals surface area contributed by atoms with Crippen LogP contribution in [0.3, 0.4) is 0 Å². The lowest BCUT2D eigenvalue weighted by Crippen LogP contribution is -2.38. The van der Waals surface area contributed by atoms with Crippen LogP contribution >= 0.6 is 34.8 Å². The predicted octanol–water partition coefficient (Wildman–Crippen LogP) is 25.5. The van der Waals surface area contributed by atoms with Crippen molar-refractivity contribution in [3.05, 3.63) is 380 Å². The van der Waals surface area contributed by atoms with Crippen LogP contribution in [0.15, 0.2) is 309 Å². The van der Waals surface area contributed by atoms with E-state index in [1.54, 1.807) is 91.0 Å². The number of benzene rings is 12. The summed E-state index contributed by atoms with van der Waals surface area (Å²) in [4.78, 5) is 24.9. The van der Waals surface area contributed by atoms with Crippen molar-refractivity contribution in [3.63, 3.8) is 0 Å². The average molecular weight is 1400 g/mol. The highest BCUT2D eigenvalue weighted by Gasteiger charge is 2.40. The van der Waals surface area contributed by atoms with E-state index in [1.165, 1.54) is 27.5 Å². The number of fused-ring (bicyclic) bond motifs is 2. The summed E-state index contributed by atoms with van der Waals surface area (Å²) in [7, 11) is 0. The summed E-state index contributed by atoms with van der Waals surface area (Å²) < 4.78 is 65.9. The highest BCUT2D eigenvalue weighted by Crippen LogP contribution is 2.31. The third-order valence-electron chi connectivity index (χ3n) is 15.6. The molecular formula is C88H84Cl3F4NO4. The van der Waals surface area contributed by atoms with Gasteiger partial charge in [-0.3, -0.25) is 9.59 Å². The minimum absolute atomic E-state index is 0.00626. The van der Waals surface area contributed by atoms with Gasteiger partial charge < -0.3 is 9.47 Å². The molecule has 0 fully saturated rings. The Hall–Kier alpha value is -9.77. The van der Waals surface area contributed by atoms with Crippen LogP contribution in [0.4, 0.5) is 17.6 Å². The molecule has 2 amide bonds. The number of carbonyl (C=O) groups excluding carboxylic acids is 2. The lowest BCUT2D eigenvalue weighted by atomic mass is 10.0. The number of alkyl halides is 4. The number of halogens is 7. The number of nitrogens with zero attached hydrogens (tertiary/aromatic N) is 1. The Morgan fingerprint density at radius 3 is 1.36 bits per heavy atom. The quantitative estimate of drug-likeness (QED) is 0.0550. The van der Waals surface area contributed by atoms with E-state index in [0.29, 0.717) is 49.7 Å². The fourth-order valence-electron chi connectivity index (χ4n) is 10.2. The number of ether oxygens (including phenoxy) is 2. The van der Waals surface area contributed by atoms with E-state index >= 15 is 0 Å². The SMILES string of the molecule is CC(C)Oc1ccc(Cl)cc1Cl.CCC(F)c1ccccc1.CCOc1ccc2ccccc2c1.CCc1ccc(-c2ccccc2)cc1.Cc1ccc(C(F)c2ccc(Cl)cc2)cc1.FC(Cc1ccccc1)c1ccccc1.O=C1c2ccccc2C(=O)N1C(F)Cc1ccccc1. The molecule has 12 heteroatoms. The predicted molar refractivity (Wildman–Crippen MR) is 407 cm³/mol. The van der Waals surface area contributed by atoms with Gasteiger partial charge in [-0.15, -0.1) is 0 Å². The van der Waals surface area contributed by atoms with Crippen molar-refractivity contribution in [2.24, 2.45) is 0 Å². The Kier molecular flexibility index (Phi) is 32.3. The molecule has 12 aromatic rings. The van der Waals surface area contributed by atoms with Crippen LogP contribution in [-0.2, 0) is 19.3 Å². The molecular weight excluding hydrogens is 1320 g/mol. The summed E-state index contributed by atoms with van der Waals surface area (Å²) in [6, 6.07) is 96.8. The molecule has 1 aliphatic rings. The van der Waals surface area contributed by atoms with E-state index in [1.807, 2.05) is 180 Å². The summed E-state index contributed by atoms with van der Waals surface area (Å²) in [5.41, 5.74) is 10.3. The molecule has 5 nitrogen and oxygen atoms in total. The molecule has 0 bridgehead atoms. The lowest BCUT2D eigenvalue weighted by Gasteiger charge is -2.19. The van der Waals surface area contributed by atoms with Gasteiger partial charge in [0.25, 0.3) is 11.8 Å². The van der Waals surface area contributed by atoms with Gasteiger partial charge in [0.2, 0.25) is 0 Å². The first-order valence-electron chi connectivity index (χ1n) is 33.4. The number of hydrogen-bond acceptors (Lipinski definition) is 4. The van der Waals surface area contributed by atoms with Crippen molar-refractivity contribution in [3.8, 4) is 22.6 Å². The standard InChI is InChI=1S/C16H12FNO2.C14H12ClF.C14H13F.C14H14.C12H12O.C9H10Cl2O.C9H11F/c17-14(10-11-6-2-1-3-7-11)18-15(19)12-8-4-5-9-13(12)16(18)20;1-10-2-4-11(5-3-10)14(16)12-6-8-13(15)9-7-12;15-14(13-9-5-2-6-10-13)11-12-7-3-1-4-8-12;1-2-12-8-10-14(11-9-12)13-6-4-3-5-7-13;1-2-13-12-8-7-10-5-3-4-6-11(10)9-12;1-6(2)12-9-4-3-7(10)5-8(9)11;1-2-9(10)8-6-4-3-5-7-8/h1-9,14H,10H2;2-9,14H,1H3;1-10,14H,11H2;3-11H,2H2,1H3;3-9H,2H2,1H3;3-6H,1-2H3;3-7,9H,2H2,1H3. The number of rotatable bonds is 16. The third-order valence-corrected chi connectivity index (χ3v) is 16.4. The zero-order valence-electron chi connectivity index (χ0n) is 57.1.